The highest BCUT2D eigenvalue weighted by Crippen LogP contribution is 2.24. The molecule has 1 heterocycles. The first-order chi connectivity index (χ1) is 8.22. The molecule has 0 aliphatic carbocycles. The molecule has 1 aromatic rings. The van der Waals surface area contributed by atoms with Crippen molar-refractivity contribution in [3.05, 3.63) is 34.9 Å². The topological polar surface area (TPSA) is 41.6 Å². The Labute approximate surface area is 106 Å². The van der Waals surface area contributed by atoms with Crippen molar-refractivity contribution in [3.8, 4) is 0 Å². The van der Waals surface area contributed by atoms with E-state index >= 15 is 0 Å². The minimum Gasteiger partial charge on any atom is -0.383 e. The molecule has 1 amide bonds. The predicted octanol–water partition coefficient (Wildman–Crippen LogP) is 1.42. The second-order valence-electron chi connectivity index (χ2n) is 3.92. The number of benzene rings is 1. The molecule has 0 saturated carbocycles. The van der Waals surface area contributed by atoms with Gasteiger partial charge in [-0.05, 0) is 17.7 Å². The first-order valence-corrected chi connectivity index (χ1v) is 5.87. The van der Waals surface area contributed by atoms with E-state index in [1.54, 1.807) is 12.0 Å². The van der Waals surface area contributed by atoms with Gasteiger partial charge in [0.05, 0.1) is 13.2 Å². The molecular weight excluding hydrogens is 240 g/mol. The Hall–Kier alpha value is -1.10. The molecule has 1 atom stereocenters. The number of carbonyl (C=O) groups is 1. The number of hydrogen-bond acceptors (Lipinski definition) is 3. The van der Waals surface area contributed by atoms with Gasteiger partial charge in [0.1, 0.15) is 6.17 Å². The zero-order valence-electron chi connectivity index (χ0n) is 9.65. The number of rotatable bonds is 4. The van der Waals surface area contributed by atoms with Crippen molar-refractivity contribution in [1.82, 2.24) is 10.2 Å². The molecule has 0 radical (unpaired) electrons. The van der Waals surface area contributed by atoms with Gasteiger partial charge < -0.3 is 9.64 Å². The predicted molar refractivity (Wildman–Crippen MR) is 65.8 cm³/mol. The van der Waals surface area contributed by atoms with E-state index in [-0.39, 0.29) is 12.1 Å². The van der Waals surface area contributed by atoms with Gasteiger partial charge in [-0.25, -0.2) is 0 Å². The molecule has 2 rings (SSSR count). The zero-order chi connectivity index (χ0) is 12.3. The Morgan fingerprint density at radius 2 is 2.41 bits per heavy atom. The van der Waals surface area contributed by atoms with Gasteiger partial charge >= 0.3 is 0 Å². The molecule has 5 heteroatoms. The van der Waals surface area contributed by atoms with E-state index in [1.165, 1.54) is 0 Å². The summed E-state index contributed by atoms with van der Waals surface area (Å²) in [5.74, 6) is 0.0898. The van der Waals surface area contributed by atoms with Crippen LogP contribution in [0.1, 0.15) is 11.7 Å². The van der Waals surface area contributed by atoms with Crippen molar-refractivity contribution in [2.75, 3.05) is 26.8 Å². The van der Waals surface area contributed by atoms with E-state index in [2.05, 4.69) is 5.32 Å². The summed E-state index contributed by atoms with van der Waals surface area (Å²) in [6.07, 6.45) is -0.101. The maximum absolute atomic E-state index is 11.7. The molecule has 1 N–H and O–H groups in total. The smallest absolute Gasteiger partial charge is 0.238 e. The average molecular weight is 255 g/mol. The van der Waals surface area contributed by atoms with E-state index in [9.17, 15) is 4.79 Å². The fourth-order valence-electron chi connectivity index (χ4n) is 1.96. The number of ether oxygens (including phenoxy) is 1. The molecule has 0 bridgehead atoms. The molecule has 1 fully saturated rings. The zero-order valence-corrected chi connectivity index (χ0v) is 10.4. The molecule has 1 aromatic carbocycles. The lowest BCUT2D eigenvalue weighted by molar-refractivity contribution is -0.128. The Morgan fingerprint density at radius 1 is 1.59 bits per heavy atom. The summed E-state index contributed by atoms with van der Waals surface area (Å²) in [5, 5.41) is 3.85. The van der Waals surface area contributed by atoms with Crippen molar-refractivity contribution in [2.24, 2.45) is 0 Å². The number of halogens is 1. The monoisotopic (exact) mass is 254 g/mol. The van der Waals surface area contributed by atoms with Gasteiger partial charge in [0, 0.05) is 18.7 Å². The fraction of sp³-hybridized carbons (Fsp3) is 0.417. The minimum absolute atomic E-state index is 0.0898. The SMILES string of the molecule is COCCN1C(=O)CNC1c1cccc(Cl)c1. The molecule has 1 saturated heterocycles. The van der Waals surface area contributed by atoms with Crippen LogP contribution in [0.5, 0.6) is 0 Å². The van der Waals surface area contributed by atoms with Gasteiger partial charge in [0.15, 0.2) is 0 Å². The third-order valence-electron chi connectivity index (χ3n) is 2.78. The first kappa shape index (κ1) is 12.4. The Balaban J connectivity index is 2.16. The molecule has 4 nitrogen and oxygen atoms in total. The van der Waals surface area contributed by atoms with Crippen molar-refractivity contribution in [3.63, 3.8) is 0 Å². The lowest BCUT2D eigenvalue weighted by Crippen LogP contribution is -2.33. The maximum Gasteiger partial charge on any atom is 0.238 e. The van der Waals surface area contributed by atoms with Crippen LogP contribution >= 0.6 is 11.6 Å². The molecule has 1 aliphatic heterocycles. The Bertz CT molecular complexity index is 411. The molecule has 92 valence electrons. The van der Waals surface area contributed by atoms with Crippen LogP contribution in [0.25, 0.3) is 0 Å². The van der Waals surface area contributed by atoms with Gasteiger partial charge in [-0.3, -0.25) is 10.1 Å². The van der Waals surface area contributed by atoms with Crippen LogP contribution in [0.2, 0.25) is 5.02 Å². The van der Waals surface area contributed by atoms with Crippen molar-refractivity contribution < 1.29 is 9.53 Å². The first-order valence-electron chi connectivity index (χ1n) is 5.49. The van der Waals surface area contributed by atoms with Crippen molar-refractivity contribution in [1.29, 1.82) is 0 Å². The summed E-state index contributed by atoms with van der Waals surface area (Å²) >= 11 is 5.96. The van der Waals surface area contributed by atoms with Crippen LogP contribution in [-0.4, -0.2) is 37.6 Å². The number of carbonyl (C=O) groups excluding carboxylic acids is 1. The lowest BCUT2D eigenvalue weighted by Gasteiger charge is -2.24. The van der Waals surface area contributed by atoms with Crippen LogP contribution < -0.4 is 5.32 Å². The molecule has 0 spiro atoms. The Kier molecular flexibility index (Phi) is 3.99. The number of hydrogen-bond donors (Lipinski definition) is 1. The van der Waals surface area contributed by atoms with Gasteiger partial charge in [0.25, 0.3) is 0 Å². The highest BCUT2D eigenvalue weighted by Gasteiger charge is 2.30. The van der Waals surface area contributed by atoms with Gasteiger partial charge in [-0.2, -0.15) is 0 Å². The van der Waals surface area contributed by atoms with E-state index in [1.807, 2.05) is 24.3 Å². The van der Waals surface area contributed by atoms with Crippen LogP contribution in [0.15, 0.2) is 24.3 Å². The quantitative estimate of drug-likeness (QED) is 0.884. The maximum atomic E-state index is 11.7. The molecule has 17 heavy (non-hydrogen) atoms. The number of amides is 1. The lowest BCUT2D eigenvalue weighted by atomic mass is 10.1. The molecule has 1 aliphatic rings. The highest BCUT2D eigenvalue weighted by atomic mass is 35.5. The van der Waals surface area contributed by atoms with Crippen LogP contribution in [0, 0.1) is 0 Å². The molecule has 0 aromatic heterocycles. The number of nitrogens with zero attached hydrogens (tertiary/aromatic N) is 1. The van der Waals surface area contributed by atoms with E-state index < -0.39 is 0 Å². The van der Waals surface area contributed by atoms with Gasteiger partial charge in [-0.1, -0.05) is 23.7 Å². The summed E-state index contributed by atoms with van der Waals surface area (Å²) < 4.78 is 5.01. The third kappa shape index (κ3) is 2.77. The largest absolute Gasteiger partial charge is 0.383 e. The van der Waals surface area contributed by atoms with E-state index in [4.69, 9.17) is 16.3 Å². The summed E-state index contributed by atoms with van der Waals surface area (Å²) in [5.41, 5.74) is 0.999. The number of methoxy groups -OCH3 is 1. The second kappa shape index (κ2) is 5.49. The standard InChI is InChI=1S/C12H15ClN2O2/c1-17-6-5-15-11(16)8-14-12(15)9-3-2-4-10(13)7-9/h2-4,7,12,14H,5-6,8H2,1H3. The van der Waals surface area contributed by atoms with Crippen LogP contribution in [-0.2, 0) is 9.53 Å². The van der Waals surface area contributed by atoms with Gasteiger partial charge in [-0.15, -0.1) is 0 Å². The van der Waals surface area contributed by atoms with E-state index in [0.717, 1.165) is 5.56 Å². The summed E-state index contributed by atoms with van der Waals surface area (Å²) in [7, 11) is 1.63. The van der Waals surface area contributed by atoms with Crippen LogP contribution in [0.3, 0.4) is 0 Å². The van der Waals surface area contributed by atoms with Gasteiger partial charge in [0.2, 0.25) is 5.91 Å². The average Bonchev–Trinajstić information content (AvgIpc) is 2.68. The fourth-order valence-corrected chi connectivity index (χ4v) is 2.16. The second-order valence-corrected chi connectivity index (χ2v) is 4.35. The summed E-state index contributed by atoms with van der Waals surface area (Å²) in [6, 6.07) is 7.54. The third-order valence-corrected chi connectivity index (χ3v) is 3.01. The summed E-state index contributed by atoms with van der Waals surface area (Å²) in [4.78, 5) is 13.5. The van der Waals surface area contributed by atoms with Crippen LogP contribution in [0.4, 0.5) is 0 Å². The van der Waals surface area contributed by atoms with Crippen molar-refractivity contribution in [2.45, 2.75) is 6.17 Å². The normalized spacial score (nSPS) is 20.0. The number of nitrogens with one attached hydrogen (secondary N) is 1. The van der Waals surface area contributed by atoms with E-state index in [0.29, 0.717) is 24.7 Å². The minimum atomic E-state index is -0.101. The van der Waals surface area contributed by atoms with Crippen molar-refractivity contribution >= 4 is 17.5 Å². The Morgan fingerprint density at radius 3 is 3.12 bits per heavy atom. The summed E-state index contributed by atoms with van der Waals surface area (Å²) in [6.45, 7) is 1.48. The highest BCUT2D eigenvalue weighted by molar-refractivity contribution is 6.30. The molecular formula is C12H15ClN2O2. The molecule has 1 unspecified atom stereocenters.